The first-order chi connectivity index (χ1) is 4.73. The highest BCUT2D eigenvalue weighted by atomic mass is 79.9. The monoisotopic (exact) mass is 233 g/mol. The third kappa shape index (κ3) is 0.222. The van der Waals surface area contributed by atoms with Crippen LogP contribution in [0.3, 0.4) is 0 Å². The van der Waals surface area contributed by atoms with Crippen molar-refractivity contribution in [2.75, 3.05) is 0 Å². The van der Waals surface area contributed by atoms with Crippen molar-refractivity contribution >= 4 is 28.3 Å². The smallest absolute Gasteiger partial charge is 0.0363 e. The molecule has 0 radical (unpaired) electrons. The van der Waals surface area contributed by atoms with Gasteiger partial charge in [-0.3, -0.25) is 0 Å². The summed E-state index contributed by atoms with van der Waals surface area (Å²) in [6.45, 7) is 0. The Balaban J connectivity index is 0.000000392. The van der Waals surface area contributed by atoms with Crippen molar-refractivity contribution < 1.29 is 0 Å². The van der Waals surface area contributed by atoms with Crippen molar-refractivity contribution in [2.24, 2.45) is 41.2 Å². The van der Waals surface area contributed by atoms with E-state index >= 15 is 0 Å². The van der Waals surface area contributed by atoms with E-state index in [4.69, 9.17) is 5.73 Å². The van der Waals surface area contributed by atoms with Crippen LogP contribution in [0.2, 0.25) is 0 Å². The molecule has 0 aromatic carbocycles. The number of halogens is 2. The van der Waals surface area contributed by atoms with Gasteiger partial charge in [-0.15, -0.1) is 12.4 Å². The first-order valence-corrected chi connectivity index (χ1v) is 5.00. The molecule has 1 nitrogen and oxygen atoms in total. The quantitative estimate of drug-likeness (QED) is 0.622. The summed E-state index contributed by atoms with van der Waals surface area (Å²) < 4.78 is 0.675. The summed E-state index contributed by atoms with van der Waals surface area (Å²) in [5.41, 5.74) is 6.63. The molecule has 0 unspecified atom stereocenters. The first-order valence-electron chi connectivity index (χ1n) is 4.21. The molecule has 6 aliphatic carbocycles. The van der Waals surface area contributed by atoms with E-state index in [1.54, 1.807) is 0 Å². The zero-order valence-corrected chi connectivity index (χ0v) is 8.23. The maximum Gasteiger partial charge on any atom is 0.0363 e. The van der Waals surface area contributed by atoms with Gasteiger partial charge < -0.3 is 5.73 Å². The van der Waals surface area contributed by atoms with Crippen LogP contribution in [0.4, 0.5) is 0 Å². The highest BCUT2D eigenvalue weighted by Gasteiger charge is 3.08. The summed E-state index contributed by atoms with van der Waals surface area (Å²) in [4.78, 5) is 0. The summed E-state index contributed by atoms with van der Waals surface area (Å²) in [5.74, 6) is 6.05. The van der Waals surface area contributed by atoms with Gasteiger partial charge in [0.2, 0.25) is 0 Å². The molecular weight excluding hydrogens is 225 g/mol. The SMILES string of the molecule is Cl.NC12C3C4C1C1C2C3C41Br. The molecule has 0 aliphatic heterocycles. The first kappa shape index (κ1) is 6.22. The zero-order valence-electron chi connectivity index (χ0n) is 5.83. The Morgan fingerprint density at radius 1 is 0.909 bits per heavy atom. The molecule has 2 N–H and O–H groups in total. The Labute approximate surface area is 79.6 Å². The minimum atomic E-state index is 0. The van der Waals surface area contributed by atoms with Crippen molar-refractivity contribution in [3.05, 3.63) is 0 Å². The summed E-state index contributed by atoms with van der Waals surface area (Å²) in [6, 6.07) is 0. The molecule has 0 saturated heterocycles. The molecule has 6 fully saturated rings. The lowest BCUT2D eigenvalue weighted by atomic mass is 8.98. The summed E-state index contributed by atoms with van der Waals surface area (Å²) in [6.07, 6.45) is 0. The van der Waals surface area contributed by atoms with Gasteiger partial charge in [-0.2, -0.15) is 0 Å². The van der Waals surface area contributed by atoms with E-state index in [-0.39, 0.29) is 12.4 Å². The third-order valence-electron chi connectivity index (χ3n) is 5.59. The van der Waals surface area contributed by atoms with E-state index < -0.39 is 0 Å². The van der Waals surface area contributed by atoms with Gasteiger partial charge in [-0.25, -0.2) is 0 Å². The fraction of sp³-hybridized carbons (Fsp3) is 1.00. The molecule has 0 bridgehead atoms. The van der Waals surface area contributed by atoms with Crippen LogP contribution < -0.4 is 5.73 Å². The van der Waals surface area contributed by atoms with Crippen molar-refractivity contribution in [3.63, 3.8) is 0 Å². The van der Waals surface area contributed by atoms with Crippen molar-refractivity contribution in [2.45, 2.75) is 9.86 Å². The van der Waals surface area contributed by atoms with Crippen LogP contribution in [0.1, 0.15) is 0 Å². The topological polar surface area (TPSA) is 26.0 Å². The Hall–Kier alpha value is 0.730. The Bertz CT molecular complexity index is 219. The van der Waals surface area contributed by atoms with Gasteiger partial charge in [-0.1, -0.05) is 15.9 Å². The third-order valence-corrected chi connectivity index (χ3v) is 7.17. The Morgan fingerprint density at radius 3 is 1.55 bits per heavy atom. The van der Waals surface area contributed by atoms with Gasteiger partial charge in [0, 0.05) is 9.86 Å². The minimum absolute atomic E-state index is 0. The maximum atomic E-state index is 6.22. The lowest BCUT2D eigenvalue weighted by Gasteiger charge is -3.09. The molecule has 60 valence electrons. The molecule has 0 atom stereocenters. The van der Waals surface area contributed by atoms with E-state index in [0.29, 0.717) is 9.86 Å². The zero-order chi connectivity index (χ0) is 6.46. The van der Waals surface area contributed by atoms with E-state index in [1.807, 2.05) is 0 Å². The van der Waals surface area contributed by atoms with E-state index in [1.165, 1.54) is 0 Å². The molecule has 0 aromatic heterocycles. The molecule has 0 spiro atoms. The lowest BCUT2D eigenvalue weighted by Crippen LogP contribution is -3.16. The van der Waals surface area contributed by atoms with Crippen molar-refractivity contribution in [1.29, 1.82) is 0 Å². The van der Waals surface area contributed by atoms with Crippen molar-refractivity contribution in [3.8, 4) is 0 Å². The minimum Gasteiger partial charge on any atom is -0.324 e. The Kier molecular flexibility index (Phi) is 0.609. The van der Waals surface area contributed by atoms with Crippen LogP contribution in [0.5, 0.6) is 0 Å². The predicted octanol–water partition coefficient (Wildman–Crippen LogP) is 1.00. The number of rotatable bonds is 0. The predicted molar refractivity (Wildman–Crippen MR) is 46.8 cm³/mol. The standard InChI is InChI=1S/C8H8BrN.ClH/c9-7-1-4-2(7)6-3(7)5(1)8(4,6)10;/h1-6H,10H2;1H. The van der Waals surface area contributed by atoms with Crippen LogP contribution in [-0.2, 0) is 0 Å². The number of nitrogens with two attached hydrogens (primary N) is 1. The summed E-state index contributed by atoms with van der Waals surface area (Å²) >= 11 is 3.89. The van der Waals surface area contributed by atoms with Crippen LogP contribution in [0.25, 0.3) is 0 Å². The molecule has 6 rings (SSSR count). The molecule has 6 aliphatic rings. The Morgan fingerprint density at radius 2 is 1.27 bits per heavy atom. The van der Waals surface area contributed by atoms with Gasteiger partial charge in [0.1, 0.15) is 0 Å². The second-order valence-corrected chi connectivity index (χ2v) is 6.36. The fourth-order valence-electron chi connectivity index (χ4n) is 5.48. The molecule has 11 heavy (non-hydrogen) atoms. The summed E-state index contributed by atoms with van der Waals surface area (Å²) in [5, 5.41) is 0. The molecule has 0 aromatic rings. The molecule has 6 saturated carbocycles. The molecule has 3 heteroatoms. The lowest BCUT2D eigenvalue weighted by molar-refractivity contribution is -0.550. The largest absolute Gasteiger partial charge is 0.324 e. The molecule has 0 heterocycles. The van der Waals surface area contributed by atoms with Crippen molar-refractivity contribution in [1.82, 2.24) is 0 Å². The van der Waals surface area contributed by atoms with E-state index in [0.717, 1.165) is 35.5 Å². The van der Waals surface area contributed by atoms with Crippen LogP contribution in [0, 0.1) is 35.5 Å². The van der Waals surface area contributed by atoms with Gasteiger partial charge >= 0.3 is 0 Å². The maximum absolute atomic E-state index is 6.22. The highest BCUT2D eigenvalue weighted by molar-refractivity contribution is 9.10. The average Bonchev–Trinajstić information content (AvgIpc) is 1.99. The summed E-state index contributed by atoms with van der Waals surface area (Å²) in [7, 11) is 0. The second-order valence-electron chi connectivity index (χ2n) is 4.98. The molecule has 0 amide bonds. The highest BCUT2D eigenvalue weighted by Crippen LogP contribution is 3.04. The van der Waals surface area contributed by atoms with Crippen LogP contribution in [-0.4, -0.2) is 9.86 Å². The normalized spacial score (nSPS) is 94.4. The van der Waals surface area contributed by atoms with E-state index in [9.17, 15) is 0 Å². The average molecular weight is 235 g/mol. The van der Waals surface area contributed by atoms with Crippen LogP contribution >= 0.6 is 28.3 Å². The van der Waals surface area contributed by atoms with Gasteiger partial charge in [-0.05, 0) is 35.5 Å². The number of alkyl halides is 1. The number of hydrogen-bond donors (Lipinski definition) is 1. The molecular formula is C8H9BrClN. The van der Waals surface area contributed by atoms with E-state index in [2.05, 4.69) is 15.9 Å². The second kappa shape index (κ2) is 1.08. The van der Waals surface area contributed by atoms with Gasteiger partial charge in [0.25, 0.3) is 0 Å². The fourth-order valence-corrected chi connectivity index (χ4v) is 7.19. The van der Waals surface area contributed by atoms with Crippen LogP contribution in [0.15, 0.2) is 0 Å². The van der Waals surface area contributed by atoms with Gasteiger partial charge in [0.05, 0.1) is 0 Å². The number of hydrogen-bond acceptors (Lipinski definition) is 1. The van der Waals surface area contributed by atoms with Gasteiger partial charge in [0.15, 0.2) is 0 Å².